The lowest BCUT2D eigenvalue weighted by Crippen LogP contribution is -2.46. The monoisotopic (exact) mass is 941 g/mol. The van der Waals surface area contributed by atoms with Crippen LogP contribution in [0.3, 0.4) is 0 Å². The summed E-state index contributed by atoms with van der Waals surface area (Å²) in [5, 5.41) is 2.98. The van der Waals surface area contributed by atoms with Crippen LogP contribution in [0.15, 0.2) is 0 Å². The van der Waals surface area contributed by atoms with Crippen molar-refractivity contribution in [2.24, 2.45) is 0 Å². The smallest absolute Gasteiger partial charge is 0.407 e. The second-order valence-corrected chi connectivity index (χ2v) is 18.8. The van der Waals surface area contributed by atoms with E-state index in [9.17, 15) is 14.4 Å². The summed E-state index contributed by atoms with van der Waals surface area (Å²) in [7, 11) is 0. The van der Waals surface area contributed by atoms with Crippen molar-refractivity contribution in [2.75, 3.05) is 52.7 Å². The third-order valence-electron chi connectivity index (χ3n) is 12.7. The molecule has 1 rings (SSSR count). The van der Waals surface area contributed by atoms with Crippen LogP contribution < -0.4 is 5.32 Å². The molecule has 2 atom stereocenters. The van der Waals surface area contributed by atoms with Gasteiger partial charge in [-0.25, -0.2) is 4.79 Å². The van der Waals surface area contributed by atoms with Gasteiger partial charge in [-0.1, -0.05) is 170 Å². The molecule has 1 saturated carbocycles. The van der Waals surface area contributed by atoms with Gasteiger partial charge in [-0.15, -0.1) is 0 Å². The van der Waals surface area contributed by atoms with Gasteiger partial charge in [0.15, 0.2) is 12.6 Å². The normalized spacial score (nSPS) is 16.3. The molecule has 66 heavy (non-hydrogen) atoms. The number of nitrogens with one attached hydrogen (secondary N) is 1. The second kappa shape index (κ2) is 45.5. The van der Waals surface area contributed by atoms with E-state index in [1.54, 1.807) is 0 Å². The second-order valence-electron chi connectivity index (χ2n) is 18.8. The van der Waals surface area contributed by atoms with Crippen molar-refractivity contribution in [1.82, 2.24) is 10.2 Å². The molecule has 0 aromatic carbocycles. The minimum Gasteiger partial charge on any atom is -0.462 e. The Hall–Kier alpha value is -1.99. The van der Waals surface area contributed by atoms with E-state index in [4.69, 9.17) is 33.2 Å². The zero-order valence-electron chi connectivity index (χ0n) is 43.7. The van der Waals surface area contributed by atoms with Crippen molar-refractivity contribution in [3.8, 4) is 0 Å². The minimum absolute atomic E-state index is 0.143. The van der Waals surface area contributed by atoms with Crippen LogP contribution in [0, 0.1) is 0 Å². The summed E-state index contributed by atoms with van der Waals surface area (Å²) in [6, 6.07) is -0.396. The highest BCUT2D eigenvalue weighted by Gasteiger charge is 2.35. The molecule has 0 aliphatic heterocycles. The van der Waals surface area contributed by atoms with Crippen molar-refractivity contribution in [2.45, 2.75) is 278 Å². The summed E-state index contributed by atoms with van der Waals surface area (Å²) >= 11 is 0. The van der Waals surface area contributed by atoms with Crippen LogP contribution in [-0.2, 0) is 42.7 Å². The molecule has 0 spiro atoms. The molecule has 12 heteroatoms. The SMILES string of the molecule is CCCCCCCCOC(CCC(=O)OC1CC(NC(=O)OCCCN(CC)CC)CC(OC(=O)CCC(OCCCCCCCC)OCCCCCCCC)C1)OCCCCCCCC. The molecule has 0 radical (unpaired) electrons. The van der Waals surface area contributed by atoms with Gasteiger partial charge in [-0.3, -0.25) is 9.59 Å². The number of alkyl carbamates (subject to hydrolysis) is 1. The van der Waals surface area contributed by atoms with Crippen molar-refractivity contribution < 1.29 is 47.5 Å². The number of amides is 1. The van der Waals surface area contributed by atoms with Gasteiger partial charge in [0.25, 0.3) is 0 Å². The summed E-state index contributed by atoms with van der Waals surface area (Å²) < 4.78 is 42.4. The predicted molar refractivity (Wildman–Crippen MR) is 268 cm³/mol. The number of ether oxygens (including phenoxy) is 7. The van der Waals surface area contributed by atoms with Crippen LogP contribution in [0.4, 0.5) is 4.79 Å². The first kappa shape index (κ1) is 62.0. The Morgan fingerprint density at radius 1 is 0.455 bits per heavy atom. The molecular weight excluding hydrogens is 837 g/mol. The Morgan fingerprint density at radius 3 is 1.15 bits per heavy atom. The summed E-state index contributed by atoms with van der Waals surface area (Å²) in [6.07, 6.45) is 28.6. The number of nitrogens with zero attached hydrogens (tertiary/aromatic N) is 1. The molecule has 0 bridgehead atoms. The van der Waals surface area contributed by atoms with Gasteiger partial charge >= 0.3 is 18.0 Å². The third-order valence-corrected chi connectivity index (χ3v) is 12.7. The molecule has 0 aromatic heterocycles. The Bertz CT molecular complexity index is 1010. The number of hydrogen-bond acceptors (Lipinski definition) is 11. The molecule has 1 fully saturated rings. The third kappa shape index (κ3) is 37.0. The first-order valence-electron chi connectivity index (χ1n) is 27.8. The van der Waals surface area contributed by atoms with Crippen LogP contribution in [0.5, 0.6) is 0 Å². The van der Waals surface area contributed by atoms with E-state index >= 15 is 0 Å². The quantitative estimate of drug-likeness (QED) is 0.0271. The van der Waals surface area contributed by atoms with Gasteiger partial charge in [-0.05, 0) is 45.2 Å². The maximum atomic E-state index is 13.4. The molecule has 1 amide bonds. The molecular formula is C54H104N2O10. The molecule has 12 nitrogen and oxygen atoms in total. The molecule has 1 N–H and O–H groups in total. The first-order chi connectivity index (χ1) is 32.3. The van der Waals surface area contributed by atoms with Gasteiger partial charge in [0.05, 0.1) is 19.4 Å². The van der Waals surface area contributed by atoms with E-state index in [0.717, 1.165) is 77.4 Å². The highest BCUT2D eigenvalue weighted by Crippen LogP contribution is 2.26. The van der Waals surface area contributed by atoms with Crippen LogP contribution in [0.2, 0.25) is 0 Å². The number of carbonyl (C=O) groups is 3. The Kier molecular flexibility index (Phi) is 42.7. The van der Waals surface area contributed by atoms with E-state index in [2.05, 4.69) is 51.8 Å². The molecule has 1 aliphatic rings. The molecule has 0 heterocycles. The van der Waals surface area contributed by atoms with E-state index in [1.807, 2.05) is 0 Å². The fourth-order valence-corrected chi connectivity index (χ4v) is 8.51. The maximum Gasteiger partial charge on any atom is 0.407 e. The van der Waals surface area contributed by atoms with Crippen LogP contribution in [0.1, 0.15) is 247 Å². The molecule has 2 unspecified atom stereocenters. The first-order valence-corrected chi connectivity index (χ1v) is 27.8. The number of hydrogen-bond donors (Lipinski definition) is 1. The fraction of sp³-hybridized carbons (Fsp3) is 0.944. The van der Waals surface area contributed by atoms with Crippen molar-refractivity contribution >= 4 is 18.0 Å². The van der Waals surface area contributed by atoms with Crippen molar-refractivity contribution in [3.63, 3.8) is 0 Å². The van der Waals surface area contributed by atoms with Gasteiger partial charge in [-0.2, -0.15) is 0 Å². The summed E-state index contributed by atoms with van der Waals surface area (Å²) in [5.74, 6) is -0.706. The predicted octanol–water partition coefficient (Wildman–Crippen LogP) is 13.5. The Labute approximate surface area is 405 Å². The van der Waals surface area contributed by atoms with Crippen molar-refractivity contribution in [3.05, 3.63) is 0 Å². The van der Waals surface area contributed by atoms with Crippen molar-refractivity contribution in [1.29, 1.82) is 0 Å². The van der Waals surface area contributed by atoms with Gasteiger partial charge < -0.3 is 43.4 Å². The van der Waals surface area contributed by atoms with Crippen LogP contribution in [0.25, 0.3) is 0 Å². The maximum absolute atomic E-state index is 13.4. The van der Waals surface area contributed by atoms with E-state index < -0.39 is 36.9 Å². The molecule has 1 aliphatic carbocycles. The summed E-state index contributed by atoms with van der Waals surface area (Å²) in [4.78, 5) is 42.2. The average molecular weight is 941 g/mol. The molecule has 0 aromatic rings. The lowest BCUT2D eigenvalue weighted by molar-refractivity contribution is -0.169. The number of carbonyl (C=O) groups excluding carboxylic acids is 3. The zero-order chi connectivity index (χ0) is 48.1. The Balaban J connectivity index is 2.90. The standard InChI is InChI=1S/C54H104N2O10/c1-7-13-17-21-25-29-39-60-52(61-40-30-26-22-18-14-8-2)36-34-50(57)65-48-44-47(55-54(59)64-43-33-38-56(11-5)12-6)45-49(46-48)66-51(58)35-37-53(62-41-31-27-23-19-15-9-3)63-42-32-28-24-20-16-10-4/h47-49,52-53H,7-46H2,1-6H3,(H,55,59). The highest BCUT2D eigenvalue weighted by molar-refractivity contribution is 5.70. The average Bonchev–Trinajstić information content (AvgIpc) is 3.30. The summed E-state index contributed by atoms with van der Waals surface area (Å²) in [6.45, 7) is 18.6. The van der Waals surface area contributed by atoms with Crippen LogP contribution in [-0.4, -0.2) is 106 Å². The highest BCUT2D eigenvalue weighted by atomic mass is 16.7. The summed E-state index contributed by atoms with van der Waals surface area (Å²) in [5.41, 5.74) is 0. The Morgan fingerprint density at radius 2 is 0.803 bits per heavy atom. The minimum atomic E-state index is -0.544. The van der Waals surface area contributed by atoms with E-state index in [-0.39, 0.29) is 24.8 Å². The zero-order valence-corrected chi connectivity index (χ0v) is 43.7. The van der Waals surface area contributed by atoms with E-state index in [0.29, 0.717) is 65.1 Å². The number of unbranched alkanes of at least 4 members (excludes halogenated alkanes) is 20. The lowest BCUT2D eigenvalue weighted by Gasteiger charge is -2.34. The largest absolute Gasteiger partial charge is 0.462 e. The molecule has 390 valence electrons. The molecule has 0 saturated heterocycles. The van der Waals surface area contributed by atoms with Gasteiger partial charge in [0.2, 0.25) is 0 Å². The topological polar surface area (TPSA) is 131 Å². The number of rotatable bonds is 47. The van der Waals surface area contributed by atoms with Gasteiger partial charge in [0.1, 0.15) is 12.2 Å². The van der Waals surface area contributed by atoms with E-state index in [1.165, 1.54) is 103 Å². The number of esters is 2. The lowest BCUT2D eigenvalue weighted by atomic mass is 9.90. The van der Waals surface area contributed by atoms with Gasteiger partial charge in [0, 0.05) is 71.1 Å². The van der Waals surface area contributed by atoms with Crippen LogP contribution >= 0.6 is 0 Å². The fourth-order valence-electron chi connectivity index (χ4n) is 8.51.